The lowest BCUT2D eigenvalue weighted by molar-refractivity contribution is -0.117. The molecule has 2 aromatic carbocycles. The van der Waals surface area contributed by atoms with Crippen LogP contribution < -0.4 is 5.32 Å². The molecule has 0 aromatic heterocycles. The van der Waals surface area contributed by atoms with Crippen molar-refractivity contribution in [3.05, 3.63) is 64.7 Å². The number of benzene rings is 2. The third kappa shape index (κ3) is 4.38. The van der Waals surface area contributed by atoms with Gasteiger partial charge in [0.2, 0.25) is 5.91 Å². The summed E-state index contributed by atoms with van der Waals surface area (Å²) in [5, 5.41) is 2.85. The lowest BCUT2D eigenvalue weighted by Crippen LogP contribution is -2.32. The Hall–Kier alpha value is -2.27. The Kier molecular flexibility index (Phi) is 5.67. The van der Waals surface area contributed by atoms with E-state index in [-0.39, 0.29) is 18.0 Å². The molecule has 2 rings (SSSR count). The number of nitrogens with zero attached hydrogens (tertiary/aromatic N) is 1. The minimum Gasteiger partial charge on any atom is -0.325 e. The average Bonchev–Trinajstić information content (AvgIpc) is 2.51. The van der Waals surface area contributed by atoms with Gasteiger partial charge >= 0.3 is 0 Å². The first-order valence-corrected chi connectivity index (χ1v) is 7.80. The van der Waals surface area contributed by atoms with Gasteiger partial charge in [-0.1, -0.05) is 17.7 Å². The molecule has 0 saturated heterocycles. The highest BCUT2D eigenvalue weighted by atomic mass is 19.1. The highest BCUT2D eigenvalue weighted by Crippen LogP contribution is 2.23. The normalized spacial score (nSPS) is 12.3. The van der Waals surface area contributed by atoms with Gasteiger partial charge < -0.3 is 5.32 Å². The molecule has 0 aliphatic heterocycles. The summed E-state index contributed by atoms with van der Waals surface area (Å²) in [5.74, 6) is -1.18. The molecular weight excluding hydrogens is 310 g/mol. The fraction of sp³-hybridized carbons (Fsp3) is 0.316. The van der Waals surface area contributed by atoms with Crippen molar-refractivity contribution in [3.63, 3.8) is 0 Å². The van der Waals surface area contributed by atoms with Crippen molar-refractivity contribution in [2.45, 2.75) is 26.8 Å². The number of halogens is 2. The van der Waals surface area contributed by atoms with E-state index in [1.165, 1.54) is 6.07 Å². The number of carbonyl (C=O) groups excluding carboxylic acids is 1. The molecular formula is C19H22F2N2O. The predicted molar refractivity (Wildman–Crippen MR) is 91.9 cm³/mol. The van der Waals surface area contributed by atoms with Crippen LogP contribution in [-0.4, -0.2) is 24.4 Å². The fourth-order valence-electron chi connectivity index (χ4n) is 2.58. The summed E-state index contributed by atoms with van der Waals surface area (Å²) in [6.45, 7) is 5.73. The summed E-state index contributed by atoms with van der Waals surface area (Å²) >= 11 is 0. The number of rotatable bonds is 5. The molecule has 0 heterocycles. The van der Waals surface area contributed by atoms with Crippen molar-refractivity contribution in [1.29, 1.82) is 0 Å². The summed E-state index contributed by atoms with van der Waals surface area (Å²) in [7, 11) is 1.70. The number of hydrogen-bond donors (Lipinski definition) is 1. The van der Waals surface area contributed by atoms with Gasteiger partial charge in [0, 0.05) is 17.3 Å². The maximum atomic E-state index is 13.9. The molecule has 1 amide bonds. The van der Waals surface area contributed by atoms with Crippen LogP contribution in [0.3, 0.4) is 0 Å². The molecule has 0 radical (unpaired) electrons. The highest BCUT2D eigenvalue weighted by molar-refractivity contribution is 5.93. The minimum absolute atomic E-state index is 0.0738. The van der Waals surface area contributed by atoms with Gasteiger partial charge in [0.05, 0.1) is 6.54 Å². The molecule has 1 unspecified atom stereocenters. The third-order valence-corrected chi connectivity index (χ3v) is 4.12. The maximum absolute atomic E-state index is 13.9. The fourth-order valence-corrected chi connectivity index (χ4v) is 2.58. The Morgan fingerprint density at radius 3 is 2.54 bits per heavy atom. The van der Waals surface area contributed by atoms with Gasteiger partial charge in [-0.05, 0) is 57.6 Å². The van der Waals surface area contributed by atoms with Gasteiger partial charge in [0.15, 0.2) is 0 Å². The van der Waals surface area contributed by atoms with E-state index in [1.54, 1.807) is 18.9 Å². The zero-order valence-corrected chi connectivity index (χ0v) is 14.4. The number of carbonyl (C=O) groups is 1. The van der Waals surface area contributed by atoms with Crippen molar-refractivity contribution >= 4 is 11.6 Å². The molecule has 1 atom stereocenters. The number of anilines is 1. The molecule has 0 saturated carbocycles. The number of hydrogen-bond acceptors (Lipinski definition) is 2. The predicted octanol–water partition coefficient (Wildman–Crippen LogP) is 4.21. The van der Waals surface area contributed by atoms with Gasteiger partial charge in [-0.3, -0.25) is 9.69 Å². The van der Waals surface area contributed by atoms with Gasteiger partial charge in [-0.15, -0.1) is 0 Å². The quantitative estimate of drug-likeness (QED) is 0.889. The monoisotopic (exact) mass is 332 g/mol. The Morgan fingerprint density at radius 1 is 1.17 bits per heavy atom. The second kappa shape index (κ2) is 7.53. The lowest BCUT2D eigenvalue weighted by Gasteiger charge is -2.25. The van der Waals surface area contributed by atoms with E-state index >= 15 is 0 Å². The van der Waals surface area contributed by atoms with Crippen LogP contribution in [0.1, 0.15) is 29.7 Å². The summed E-state index contributed by atoms with van der Waals surface area (Å²) in [4.78, 5) is 13.9. The summed E-state index contributed by atoms with van der Waals surface area (Å²) < 4.78 is 27.2. The van der Waals surface area contributed by atoms with E-state index in [4.69, 9.17) is 0 Å². The molecule has 1 N–H and O–H groups in total. The Balaban J connectivity index is 2.04. The molecule has 3 nitrogen and oxygen atoms in total. The van der Waals surface area contributed by atoms with E-state index < -0.39 is 17.7 Å². The van der Waals surface area contributed by atoms with Crippen LogP contribution >= 0.6 is 0 Å². The first-order valence-electron chi connectivity index (χ1n) is 7.80. The standard InChI is InChI=1S/C19H22F2N2O/c1-12-5-8-18(13(2)9-12)22-19(24)11-23(4)14(3)16-10-15(20)6-7-17(16)21/h5-10,14H,11H2,1-4H3,(H,22,24). The molecule has 0 bridgehead atoms. The Morgan fingerprint density at radius 2 is 1.88 bits per heavy atom. The zero-order chi connectivity index (χ0) is 17.9. The number of aryl methyl sites for hydroxylation is 2. The Bertz CT molecular complexity index is 746. The average molecular weight is 332 g/mol. The van der Waals surface area contributed by atoms with Crippen LogP contribution in [0.2, 0.25) is 0 Å². The zero-order valence-electron chi connectivity index (χ0n) is 14.4. The molecule has 24 heavy (non-hydrogen) atoms. The smallest absolute Gasteiger partial charge is 0.238 e. The second-order valence-electron chi connectivity index (χ2n) is 6.12. The van der Waals surface area contributed by atoms with E-state index in [0.717, 1.165) is 28.9 Å². The van der Waals surface area contributed by atoms with Gasteiger partial charge in [0.25, 0.3) is 0 Å². The summed E-state index contributed by atoms with van der Waals surface area (Å²) in [5.41, 5.74) is 3.09. The molecule has 0 aliphatic rings. The van der Waals surface area contributed by atoms with E-state index in [2.05, 4.69) is 5.32 Å². The third-order valence-electron chi connectivity index (χ3n) is 4.12. The van der Waals surface area contributed by atoms with Crippen LogP contribution in [-0.2, 0) is 4.79 Å². The van der Waals surface area contributed by atoms with Crippen molar-refractivity contribution in [1.82, 2.24) is 4.90 Å². The molecule has 0 fully saturated rings. The van der Waals surface area contributed by atoms with Crippen LogP contribution in [0.5, 0.6) is 0 Å². The van der Waals surface area contributed by atoms with Crippen LogP contribution in [0.25, 0.3) is 0 Å². The lowest BCUT2D eigenvalue weighted by atomic mass is 10.1. The maximum Gasteiger partial charge on any atom is 0.238 e. The van der Waals surface area contributed by atoms with Crippen LogP contribution in [0.4, 0.5) is 14.5 Å². The summed E-state index contributed by atoms with van der Waals surface area (Å²) in [6.07, 6.45) is 0. The first-order chi connectivity index (χ1) is 11.3. The van der Waals surface area contributed by atoms with Crippen molar-refractivity contribution < 1.29 is 13.6 Å². The van der Waals surface area contributed by atoms with Crippen molar-refractivity contribution in [3.8, 4) is 0 Å². The molecule has 5 heteroatoms. The van der Waals surface area contributed by atoms with Gasteiger partial charge in [-0.2, -0.15) is 0 Å². The van der Waals surface area contributed by atoms with Gasteiger partial charge in [0.1, 0.15) is 11.6 Å². The molecule has 128 valence electrons. The van der Waals surface area contributed by atoms with E-state index in [9.17, 15) is 13.6 Å². The van der Waals surface area contributed by atoms with Crippen molar-refractivity contribution in [2.24, 2.45) is 0 Å². The second-order valence-corrected chi connectivity index (χ2v) is 6.12. The SMILES string of the molecule is Cc1ccc(NC(=O)CN(C)C(C)c2cc(F)ccc2F)c(C)c1. The highest BCUT2D eigenvalue weighted by Gasteiger charge is 2.19. The topological polar surface area (TPSA) is 32.3 Å². The largest absolute Gasteiger partial charge is 0.325 e. The molecule has 2 aromatic rings. The number of likely N-dealkylation sites (N-methyl/N-ethyl adjacent to an activating group) is 1. The molecule has 0 aliphatic carbocycles. The van der Waals surface area contributed by atoms with E-state index in [0.29, 0.717) is 0 Å². The van der Waals surface area contributed by atoms with Crippen molar-refractivity contribution in [2.75, 3.05) is 18.9 Å². The molecule has 0 spiro atoms. The Labute approximate surface area is 141 Å². The van der Waals surface area contributed by atoms with Crippen LogP contribution in [0, 0.1) is 25.5 Å². The van der Waals surface area contributed by atoms with Crippen LogP contribution in [0.15, 0.2) is 36.4 Å². The van der Waals surface area contributed by atoms with E-state index in [1.807, 2.05) is 32.0 Å². The first kappa shape index (κ1) is 18.1. The van der Waals surface area contributed by atoms with Gasteiger partial charge in [-0.25, -0.2) is 8.78 Å². The minimum atomic E-state index is -0.494. The number of amides is 1. The summed E-state index contributed by atoms with van der Waals surface area (Å²) in [6, 6.07) is 8.70. The number of nitrogens with one attached hydrogen (secondary N) is 1.